The Morgan fingerprint density at radius 3 is 3.10 bits per heavy atom. The third-order valence-electron chi connectivity index (χ3n) is 3.82. The van der Waals surface area contributed by atoms with Crippen molar-refractivity contribution < 1.29 is 14.3 Å². The molecule has 0 saturated carbocycles. The molecule has 20 heavy (non-hydrogen) atoms. The fourth-order valence-corrected chi connectivity index (χ4v) is 2.84. The number of benzene rings is 1. The van der Waals surface area contributed by atoms with Crippen molar-refractivity contribution in [2.75, 3.05) is 6.54 Å². The summed E-state index contributed by atoms with van der Waals surface area (Å²) in [7, 11) is 0. The summed E-state index contributed by atoms with van der Waals surface area (Å²) < 4.78 is 13.7. The number of pyridine rings is 1. The van der Waals surface area contributed by atoms with Crippen molar-refractivity contribution in [2.24, 2.45) is 0 Å². The molecule has 1 aliphatic rings. The van der Waals surface area contributed by atoms with Gasteiger partial charge in [0.15, 0.2) is 0 Å². The van der Waals surface area contributed by atoms with Gasteiger partial charge in [0.25, 0.3) is 0 Å². The number of halogens is 1. The van der Waals surface area contributed by atoms with Crippen LogP contribution in [0.3, 0.4) is 0 Å². The summed E-state index contributed by atoms with van der Waals surface area (Å²) >= 11 is 0. The molecule has 0 amide bonds. The van der Waals surface area contributed by atoms with Crippen LogP contribution in [0.5, 0.6) is 0 Å². The van der Waals surface area contributed by atoms with E-state index < -0.39 is 12.0 Å². The number of hydrogen-bond donors (Lipinski definition) is 1. The van der Waals surface area contributed by atoms with Gasteiger partial charge in [-0.1, -0.05) is 6.07 Å². The molecule has 1 atom stereocenters. The fraction of sp³-hybridized carbons (Fsp3) is 0.333. The van der Waals surface area contributed by atoms with Crippen LogP contribution < -0.4 is 0 Å². The van der Waals surface area contributed by atoms with E-state index in [-0.39, 0.29) is 5.82 Å². The minimum atomic E-state index is -0.790. The Morgan fingerprint density at radius 2 is 2.30 bits per heavy atom. The first-order chi connectivity index (χ1) is 9.66. The normalized spacial score (nSPS) is 19.6. The first-order valence-corrected chi connectivity index (χ1v) is 6.66. The van der Waals surface area contributed by atoms with Gasteiger partial charge in [0.1, 0.15) is 11.9 Å². The highest BCUT2D eigenvalue weighted by molar-refractivity contribution is 5.82. The third kappa shape index (κ3) is 2.25. The van der Waals surface area contributed by atoms with E-state index in [1.807, 2.05) is 4.90 Å². The van der Waals surface area contributed by atoms with Gasteiger partial charge in [-0.25, -0.2) is 4.39 Å². The van der Waals surface area contributed by atoms with Crippen LogP contribution in [0, 0.1) is 5.82 Å². The Morgan fingerprint density at radius 1 is 1.45 bits per heavy atom. The largest absolute Gasteiger partial charge is 0.480 e. The maximum absolute atomic E-state index is 13.7. The number of fused-ring (bicyclic) bond motifs is 1. The third-order valence-corrected chi connectivity index (χ3v) is 3.82. The Hall–Kier alpha value is -2.01. The predicted octanol–water partition coefficient (Wildman–Crippen LogP) is 2.42. The molecule has 0 spiro atoms. The Balaban J connectivity index is 1.95. The lowest BCUT2D eigenvalue weighted by Gasteiger charge is -2.21. The number of aliphatic carboxylic acids is 1. The second-order valence-corrected chi connectivity index (χ2v) is 5.07. The highest BCUT2D eigenvalue weighted by Gasteiger charge is 2.30. The van der Waals surface area contributed by atoms with E-state index in [0.717, 1.165) is 18.5 Å². The zero-order valence-electron chi connectivity index (χ0n) is 10.9. The smallest absolute Gasteiger partial charge is 0.320 e. The topological polar surface area (TPSA) is 53.4 Å². The molecule has 0 unspecified atom stereocenters. The maximum Gasteiger partial charge on any atom is 0.320 e. The second-order valence-electron chi connectivity index (χ2n) is 5.07. The van der Waals surface area contributed by atoms with E-state index in [0.29, 0.717) is 23.9 Å². The molecule has 5 heteroatoms. The lowest BCUT2D eigenvalue weighted by molar-refractivity contribution is -0.142. The minimum Gasteiger partial charge on any atom is -0.480 e. The average molecular weight is 274 g/mol. The number of hydrogen-bond acceptors (Lipinski definition) is 3. The standard InChI is InChI=1S/C15H15FN2O2/c16-12-6-5-10(14-11(12)3-1-7-17-14)9-18-8-2-4-13(18)15(19)20/h1,3,5-7,13H,2,4,8-9H2,(H,19,20)/t13-/m1/s1. The van der Waals surface area contributed by atoms with Gasteiger partial charge in [-0.15, -0.1) is 0 Å². The zero-order chi connectivity index (χ0) is 14.1. The molecule has 1 aromatic heterocycles. The maximum atomic E-state index is 13.7. The number of rotatable bonds is 3. The van der Waals surface area contributed by atoms with Crippen LogP contribution in [0.2, 0.25) is 0 Å². The summed E-state index contributed by atoms with van der Waals surface area (Å²) in [5.41, 5.74) is 1.48. The van der Waals surface area contributed by atoms with Gasteiger partial charge >= 0.3 is 5.97 Å². The molecule has 1 aromatic carbocycles. The van der Waals surface area contributed by atoms with E-state index in [1.165, 1.54) is 6.07 Å². The van der Waals surface area contributed by atoms with Gasteiger partial charge in [0.05, 0.1) is 5.52 Å². The molecular weight excluding hydrogens is 259 g/mol. The van der Waals surface area contributed by atoms with Crippen molar-refractivity contribution in [1.82, 2.24) is 9.88 Å². The molecule has 2 aromatic rings. The monoisotopic (exact) mass is 274 g/mol. The summed E-state index contributed by atoms with van der Waals surface area (Å²) in [6, 6.07) is 6.07. The van der Waals surface area contributed by atoms with E-state index in [1.54, 1.807) is 24.4 Å². The molecule has 0 aliphatic carbocycles. The quantitative estimate of drug-likeness (QED) is 0.934. The number of carbonyl (C=O) groups is 1. The summed E-state index contributed by atoms with van der Waals surface area (Å²) in [4.78, 5) is 17.4. The molecule has 3 rings (SSSR count). The van der Waals surface area contributed by atoms with Crippen LogP contribution in [0.15, 0.2) is 30.5 Å². The predicted molar refractivity (Wildman–Crippen MR) is 72.8 cm³/mol. The van der Waals surface area contributed by atoms with Gasteiger partial charge in [-0.05, 0) is 43.1 Å². The summed E-state index contributed by atoms with van der Waals surface area (Å²) in [5.74, 6) is -1.09. The molecule has 4 nitrogen and oxygen atoms in total. The number of nitrogens with zero attached hydrogens (tertiary/aromatic N) is 2. The summed E-state index contributed by atoms with van der Waals surface area (Å²) in [6.45, 7) is 1.24. The first kappa shape index (κ1) is 13.0. The SMILES string of the molecule is O=C(O)[C@H]1CCCN1Cc1ccc(F)c2cccnc12. The number of likely N-dealkylation sites (tertiary alicyclic amines) is 1. The average Bonchev–Trinajstić information content (AvgIpc) is 2.91. The van der Waals surface area contributed by atoms with Gasteiger partial charge in [0, 0.05) is 18.1 Å². The van der Waals surface area contributed by atoms with Crippen LogP contribution in [0.1, 0.15) is 18.4 Å². The van der Waals surface area contributed by atoms with Crippen molar-refractivity contribution in [3.63, 3.8) is 0 Å². The molecular formula is C15H15FN2O2. The minimum absolute atomic E-state index is 0.298. The molecule has 1 saturated heterocycles. The van der Waals surface area contributed by atoms with Crippen LogP contribution in [0.4, 0.5) is 4.39 Å². The molecule has 104 valence electrons. The van der Waals surface area contributed by atoms with Crippen LogP contribution in [-0.2, 0) is 11.3 Å². The Labute approximate surface area is 115 Å². The molecule has 0 bridgehead atoms. The Kier molecular flexibility index (Phi) is 3.36. The summed E-state index contributed by atoms with van der Waals surface area (Å²) in [5, 5.41) is 9.68. The lowest BCUT2D eigenvalue weighted by atomic mass is 10.1. The lowest BCUT2D eigenvalue weighted by Crippen LogP contribution is -2.35. The van der Waals surface area contributed by atoms with Crippen LogP contribution in [-0.4, -0.2) is 33.5 Å². The van der Waals surface area contributed by atoms with E-state index in [2.05, 4.69) is 4.98 Å². The van der Waals surface area contributed by atoms with Gasteiger partial charge < -0.3 is 5.11 Å². The van der Waals surface area contributed by atoms with Gasteiger partial charge in [-0.2, -0.15) is 0 Å². The van der Waals surface area contributed by atoms with Crippen LogP contribution >= 0.6 is 0 Å². The zero-order valence-corrected chi connectivity index (χ0v) is 10.9. The molecule has 2 heterocycles. The number of carboxylic acids is 1. The molecule has 1 N–H and O–H groups in total. The van der Waals surface area contributed by atoms with E-state index in [9.17, 15) is 14.3 Å². The Bertz CT molecular complexity index is 659. The molecule has 1 fully saturated rings. The highest BCUT2D eigenvalue weighted by atomic mass is 19.1. The molecule has 0 radical (unpaired) electrons. The number of carboxylic acid groups (broad SMARTS) is 1. The van der Waals surface area contributed by atoms with Crippen LogP contribution in [0.25, 0.3) is 10.9 Å². The second kappa shape index (κ2) is 5.17. The summed E-state index contributed by atoms with van der Waals surface area (Å²) in [6.07, 6.45) is 3.18. The number of aromatic nitrogens is 1. The molecule has 1 aliphatic heterocycles. The van der Waals surface area contributed by atoms with Gasteiger partial charge in [0.2, 0.25) is 0 Å². The van der Waals surface area contributed by atoms with Crippen molar-refractivity contribution >= 4 is 16.9 Å². The van der Waals surface area contributed by atoms with E-state index in [4.69, 9.17) is 0 Å². The van der Waals surface area contributed by atoms with Crippen molar-refractivity contribution in [2.45, 2.75) is 25.4 Å². The first-order valence-electron chi connectivity index (χ1n) is 6.66. The van der Waals surface area contributed by atoms with Crippen molar-refractivity contribution in [3.8, 4) is 0 Å². The van der Waals surface area contributed by atoms with Gasteiger partial charge in [-0.3, -0.25) is 14.7 Å². The fourth-order valence-electron chi connectivity index (χ4n) is 2.84. The van der Waals surface area contributed by atoms with Crippen molar-refractivity contribution in [1.29, 1.82) is 0 Å². The van der Waals surface area contributed by atoms with Crippen molar-refractivity contribution in [3.05, 3.63) is 41.8 Å². The van der Waals surface area contributed by atoms with E-state index >= 15 is 0 Å². The highest BCUT2D eigenvalue weighted by Crippen LogP contribution is 2.25.